The Hall–Kier alpha value is -4.15. The molecule has 3 aromatic heterocycles. The Morgan fingerprint density at radius 1 is 1.09 bits per heavy atom. The lowest BCUT2D eigenvalue weighted by Crippen LogP contribution is -2.49. The summed E-state index contributed by atoms with van der Waals surface area (Å²) in [6.07, 6.45) is 3.87. The van der Waals surface area contributed by atoms with Crippen LogP contribution < -0.4 is 15.4 Å². The fourth-order valence-electron chi connectivity index (χ4n) is 7.60. The Bertz CT molecular complexity index is 1940. The topological polar surface area (TPSA) is 107 Å². The van der Waals surface area contributed by atoms with Crippen molar-refractivity contribution in [3.63, 3.8) is 0 Å². The van der Waals surface area contributed by atoms with Crippen molar-refractivity contribution < 1.29 is 9.53 Å². The molecule has 5 heterocycles. The first-order chi connectivity index (χ1) is 21.3. The van der Waals surface area contributed by atoms with Crippen LogP contribution in [0.25, 0.3) is 33.5 Å². The van der Waals surface area contributed by atoms with Gasteiger partial charge in [0.1, 0.15) is 22.9 Å². The number of nitrogens with two attached hydrogens (primary N) is 1. The lowest BCUT2D eigenvalue weighted by atomic mass is 9.99. The van der Waals surface area contributed by atoms with Gasteiger partial charge in [-0.3, -0.25) is 4.79 Å². The Morgan fingerprint density at radius 2 is 1.93 bits per heavy atom. The number of aryl methyl sites for hydroxylation is 2. The maximum Gasteiger partial charge on any atom is 0.254 e. The predicted octanol–water partition coefficient (Wildman–Crippen LogP) is 4.65. The van der Waals surface area contributed by atoms with E-state index in [0.29, 0.717) is 34.7 Å². The van der Waals surface area contributed by atoms with Crippen molar-refractivity contribution in [2.45, 2.75) is 38.4 Å². The summed E-state index contributed by atoms with van der Waals surface area (Å²) in [5.74, 6) is 3.94. The quantitative estimate of drug-likeness (QED) is 0.298. The number of aromatic nitrogens is 5. The zero-order valence-electron chi connectivity index (χ0n) is 25.1. The molecule has 2 aromatic carbocycles. The van der Waals surface area contributed by atoms with Gasteiger partial charge in [-0.1, -0.05) is 17.7 Å². The number of nitrogens with zero attached hydrogens (tertiary/aromatic N) is 7. The Kier molecular flexibility index (Phi) is 6.36. The number of amides is 1. The molecule has 3 atom stereocenters. The normalized spacial score (nSPS) is 21.5. The number of benzene rings is 2. The summed E-state index contributed by atoms with van der Waals surface area (Å²) in [7, 11) is 3.70. The van der Waals surface area contributed by atoms with E-state index in [1.165, 1.54) is 0 Å². The number of methoxy groups -OCH3 is 1. The third-order valence-corrected chi connectivity index (χ3v) is 10.1. The number of anilines is 1. The Morgan fingerprint density at radius 3 is 2.66 bits per heavy atom. The van der Waals surface area contributed by atoms with Gasteiger partial charge in [-0.15, -0.1) is 0 Å². The number of imidazole rings is 1. The average molecular weight is 611 g/mol. The highest BCUT2D eigenvalue weighted by molar-refractivity contribution is 6.31. The number of carbonyl (C=O) groups is 1. The fourth-order valence-corrected chi connectivity index (χ4v) is 7.76. The van der Waals surface area contributed by atoms with Crippen LogP contribution >= 0.6 is 11.6 Å². The lowest BCUT2D eigenvalue weighted by molar-refractivity contribution is 0.0700. The van der Waals surface area contributed by atoms with Crippen LogP contribution in [0.4, 0.5) is 5.82 Å². The molecule has 11 heteroatoms. The maximum atomic E-state index is 13.8. The van der Waals surface area contributed by atoms with Crippen molar-refractivity contribution in [1.82, 2.24) is 29.0 Å². The minimum absolute atomic E-state index is 0.00187. The van der Waals surface area contributed by atoms with Crippen LogP contribution in [0.2, 0.25) is 5.02 Å². The summed E-state index contributed by atoms with van der Waals surface area (Å²) in [4.78, 5) is 32.1. The molecule has 1 amide bonds. The molecule has 5 aromatic rings. The standard InChI is InChI=1S/C33H35ClN8O2/c1-18-36-9-8-29(37-18)40-14-19(15-40)16-42-31-24(38-32(42)27-11-20-4-6-23(34)13-26(20)39(27)2)10-22(12-28(31)44-3)33(43)41-17-21-5-7-25(41)30(21)35/h4,6,8-13,19,21,25,30H,5,7,14-17,35H2,1-3H3/t21-,25-,30-/m1/s1. The van der Waals surface area contributed by atoms with Crippen LogP contribution in [0.15, 0.2) is 48.7 Å². The summed E-state index contributed by atoms with van der Waals surface area (Å²) < 4.78 is 10.4. The van der Waals surface area contributed by atoms with Gasteiger partial charge in [0.2, 0.25) is 0 Å². The van der Waals surface area contributed by atoms with Gasteiger partial charge in [0.15, 0.2) is 5.82 Å². The van der Waals surface area contributed by atoms with E-state index in [1.807, 2.05) is 61.5 Å². The zero-order chi connectivity index (χ0) is 30.3. The number of halogens is 1. The molecule has 2 saturated heterocycles. The molecule has 44 heavy (non-hydrogen) atoms. The van der Waals surface area contributed by atoms with Crippen molar-refractivity contribution >= 4 is 45.3 Å². The number of carbonyl (C=O) groups excluding carboxylic acids is 1. The van der Waals surface area contributed by atoms with Gasteiger partial charge in [0.05, 0.1) is 18.3 Å². The smallest absolute Gasteiger partial charge is 0.254 e. The van der Waals surface area contributed by atoms with Gasteiger partial charge in [-0.2, -0.15) is 0 Å². The van der Waals surface area contributed by atoms with Crippen LogP contribution in [-0.2, 0) is 13.6 Å². The summed E-state index contributed by atoms with van der Waals surface area (Å²) in [5, 5.41) is 1.77. The molecule has 2 bridgehead atoms. The summed E-state index contributed by atoms with van der Waals surface area (Å²) in [5.41, 5.74) is 10.7. The molecule has 8 rings (SSSR count). The molecule has 3 aliphatic rings. The molecule has 2 aliphatic heterocycles. The van der Waals surface area contributed by atoms with Gasteiger partial charge in [-0.25, -0.2) is 15.0 Å². The second-order valence-electron chi connectivity index (χ2n) is 12.6. The number of ether oxygens (including phenoxy) is 1. The second-order valence-corrected chi connectivity index (χ2v) is 13.0. The summed E-state index contributed by atoms with van der Waals surface area (Å²) in [6.45, 7) is 5.11. The highest BCUT2D eigenvalue weighted by Crippen LogP contribution is 2.40. The summed E-state index contributed by atoms with van der Waals surface area (Å²) in [6, 6.07) is 14.0. The van der Waals surface area contributed by atoms with Crippen LogP contribution in [0.3, 0.4) is 0 Å². The van der Waals surface area contributed by atoms with E-state index in [1.54, 1.807) is 7.11 Å². The maximum absolute atomic E-state index is 13.8. The number of rotatable bonds is 6. The van der Waals surface area contributed by atoms with E-state index in [9.17, 15) is 4.79 Å². The van der Waals surface area contributed by atoms with Gasteiger partial charge in [-0.05, 0) is 62.1 Å². The molecular formula is C33H35ClN8O2. The van der Waals surface area contributed by atoms with E-state index >= 15 is 0 Å². The number of likely N-dealkylation sites (tertiary alicyclic amines) is 1. The highest BCUT2D eigenvalue weighted by atomic mass is 35.5. The largest absolute Gasteiger partial charge is 0.494 e. The molecule has 226 valence electrons. The third kappa shape index (κ3) is 4.26. The van der Waals surface area contributed by atoms with Crippen molar-refractivity contribution in [3.8, 4) is 17.3 Å². The molecule has 0 spiro atoms. The number of hydrogen-bond acceptors (Lipinski definition) is 7. The van der Waals surface area contributed by atoms with Crippen molar-refractivity contribution in [2.75, 3.05) is 31.6 Å². The van der Waals surface area contributed by atoms with Crippen LogP contribution in [0.5, 0.6) is 5.75 Å². The zero-order valence-corrected chi connectivity index (χ0v) is 25.8. The number of hydrogen-bond donors (Lipinski definition) is 1. The van der Waals surface area contributed by atoms with Crippen molar-refractivity contribution in [3.05, 3.63) is 65.1 Å². The fraction of sp³-hybridized carbons (Fsp3) is 0.394. The second kappa shape index (κ2) is 10.2. The number of fused-ring (bicyclic) bond motifs is 4. The first-order valence-electron chi connectivity index (χ1n) is 15.2. The monoisotopic (exact) mass is 610 g/mol. The first kappa shape index (κ1) is 27.4. The molecule has 10 nitrogen and oxygen atoms in total. The van der Waals surface area contributed by atoms with Crippen LogP contribution in [0.1, 0.15) is 29.0 Å². The van der Waals surface area contributed by atoms with Crippen molar-refractivity contribution in [1.29, 1.82) is 0 Å². The van der Waals surface area contributed by atoms with E-state index in [-0.39, 0.29) is 18.0 Å². The van der Waals surface area contributed by atoms with Crippen LogP contribution in [-0.4, -0.2) is 73.7 Å². The van der Waals surface area contributed by atoms with Crippen molar-refractivity contribution in [2.24, 2.45) is 24.6 Å². The highest BCUT2D eigenvalue weighted by Gasteiger charge is 2.47. The van der Waals surface area contributed by atoms with Gasteiger partial charge >= 0.3 is 0 Å². The van der Waals surface area contributed by atoms with E-state index < -0.39 is 0 Å². The van der Waals surface area contributed by atoms with Crippen LogP contribution in [0, 0.1) is 18.8 Å². The lowest BCUT2D eigenvalue weighted by Gasteiger charge is -2.40. The minimum atomic E-state index is -0.00187. The first-order valence-corrected chi connectivity index (χ1v) is 15.6. The Balaban J connectivity index is 1.21. The van der Waals surface area contributed by atoms with Gasteiger partial charge < -0.3 is 29.4 Å². The molecule has 1 aliphatic carbocycles. The van der Waals surface area contributed by atoms with Gasteiger partial charge in [0.25, 0.3) is 5.91 Å². The SMILES string of the molecule is COc1cc(C(=O)N2C[C@H]3CC[C@@H]2[C@@H]3N)cc2nc(-c3cc4ccc(Cl)cc4n3C)n(CC3CN(c4ccnc(C)n4)C3)c12. The average Bonchev–Trinajstić information content (AvgIpc) is 3.73. The van der Waals surface area contributed by atoms with E-state index in [2.05, 4.69) is 30.1 Å². The van der Waals surface area contributed by atoms with E-state index in [4.69, 9.17) is 27.1 Å². The molecule has 0 unspecified atom stereocenters. The molecule has 0 radical (unpaired) electrons. The molecular weight excluding hydrogens is 576 g/mol. The predicted molar refractivity (Wildman–Crippen MR) is 171 cm³/mol. The number of piperidine rings is 1. The Labute approximate surface area is 260 Å². The third-order valence-electron chi connectivity index (χ3n) is 9.91. The summed E-state index contributed by atoms with van der Waals surface area (Å²) >= 11 is 6.38. The minimum Gasteiger partial charge on any atom is -0.494 e. The molecule has 3 fully saturated rings. The molecule has 1 saturated carbocycles. The molecule has 2 N–H and O–H groups in total. The van der Waals surface area contributed by atoms with Gasteiger partial charge in [0, 0.05) is 78.9 Å². The van der Waals surface area contributed by atoms with E-state index in [0.717, 1.165) is 77.6 Å².